The van der Waals surface area contributed by atoms with Crippen LogP contribution < -0.4 is 20.9 Å². The van der Waals surface area contributed by atoms with Crippen molar-refractivity contribution in [3.63, 3.8) is 0 Å². The predicted octanol–water partition coefficient (Wildman–Crippen LogP) is 1.67. The molecule has 3 aliphatic rings. The fraction of sp³-hybridized carbons (Fsp3) is 0.610. The van der Waals surface area contributed by atoms with Gasteiger partial charge in [0.15, 0.2) is 0 Å². The first-order valence-corrected chi connectivity index (χ1v) is 30.2. The number of aryl methyl sites for hydroxylation is 1. The molecule has 0 saturated carbocycles. The number of halogens is 2. The number of H-pyrrole nitrogens is 1. The van der Waals surface area contributed by atoms with Crippen LogP contribution in [-0.4, -0.2) is 314 Å². The predicted molar refractivity (Wildman–Crippen MR) is 330 cm³/mol. The van der Waals surface area contributed by atoms with Crippen LogP contribution in [0.3, 0.4) is 0 Å². The standard InChI is InChI=1S/C59H86ClFN12O14.Ga/c1-43-34-44(36-46(61)35-43)48-38-64-59(56(57(48)72-8-4-47(62)5-9-72)58-65-49-3-2-45(60)37-50(49)66-58)73-20-18-71(19-21-73)52(75)6-22-82-24-26-84-28-30-86-32-33-87-31-29-85-27-25-83-23-7-63-51(74)39-67-10-12-68(40-53(76)77)14-16-70(42-55(80)81)17-15-69(13-11-67)41-54(78)79;/h2-3,34-38,47H,4-33,39-42,62H2,1H3,(H,63,74)(H,65,66)(H,76,77)(H,78,79)(H,80,81);. The van der Waals surface area contributed by atoms with Gasteiger partial charge in [0, 0.05) is 141 Å². The number of anilines is 2. The number of fused-ring (bicyclic) bond motifs is 1. The van der Waals surface area contributed by atoms with Crippen LogP contribution in [0.2, 0.25) is 5.02 Å². The Morgan fingerprint density at radius 1 is 0.636 bits per heavy atom. The van der Waals surface area contributed by atoms with Gasteiger partial charge in [0.25, 0.3) is 0 Å². The Kier molecular flexibility index (Phi) is 31.0. The second kappa shape index (κ2) is 38.2. The number of aliphatic carboxylic acids is 3. The second-order valence-corrected chi connectivity index (χ2v) is 22.2. The third-order valence-electron chi connectivity index (χ3n) is 15.1. The maximum atomic E-state index is 15.0. The van der Waals surface area contributed by atoms with Crippen molar-refractivity contribution in [3.8, 4) is 22.5 Å². The van der Waals surface area contributed by atoms with E-state index in [-0.39, 0.29) is 109 Å². The van der Waals surface area contributed by atoms with E-state index in [0.717, 1.165) is 57.6 Å². The van der Waals surface area contributed by atoms with Gasteiger partial charge in [-0.1, -0.05) is 17.7 Å². The molecule has 3 saturated heterocycles. The van der Waals surface area contributed by atoms with Crippen LogP contribution in [-0.2, 0) is 52.4 Å². The number of piperazine rings is 1. The zero-order valence-electron chi connectivity index (χ0n) is 50.4. The summed E-state index contributed by atoms with van der Waals surface area (Å²) in [4.78, 5) is 87.8. The van der Waals surface area contributed by atoms with Gasteiger partial charge in [-0.15, -0.1) is 0 Å². The Morgan fingerprint density at radius 2 is 1.12 bits per heavy atom. The first kappa shape index (κ1) is 71.5. The topological polar surface area (TPSA) is 304 Å². The summed E-state index contributed by atoms with van der Waals surface area (Å²) < 4.78 is 48.7. The van der Waals surface area contributed by atoms with Gasteiger partial charge in [-0.25, -0.2) is 14.4 Å². The van der Waals surface area contributed by atoms with Crippen molar-refractivity contribution in [1.29, 1.82) is 0 Å². The summed E-state index contributed by atoms with van der Waals surface area (Å²) in [5.74, 6) is -2.30. The van der Waals surface area contributed by atoms with Crippen LogP contribution in [0.4, 0.5) is 15.9 Å². The zero-order chi connectivity index (χ0) is 61.9. The molecule has 3 radical (unpaired) electrons. The molecular formula is C59H86ClFGaN12O14. The molecule has 4 aromatic rings. The molecule has 7 rings (SSSR count). The maximum Gasteiger partial charge on any atom is 0.317 e. The minimum Gasteiger partial charge on any atom is -0.480 e. The largest absolute Gasteiger partial charge is 0.480 e. The molecule has 0 aliphatic carbocycles. The van der Waals surface area contributed by atoms with E-state index < -0.39 is 17.9 Å². The van der Waals surface area contributed by atoms with Crippen molar-refractivity contribution in [1.82, 2.24) is 44.8 Å². The number of carboxylic acids is 3. The van der Waals surface area contributed by atoms with E-state index in [1.165, 1.54) is 6.07 Å². The van der Waals surface area contributed by atoms with Gasteiger partial charge in [0.1, 0.15) is 17.5 Å². The Hall–Kier alpha value is -5.57. The number of rotatable bonds is 33. The Balaban J connectivity index is 0.0000124. The van der Waals surface area contributed by atoms with E-state index in [1.807, 2.05) is 47.2 Å². The normalized spacial score (nSPS) is 16.5. The number of nitrogens with two attached hydrogens (primary N) is 1. The molecule has 0 bridgehead atoms. The minimum atomic E-state index is -1.03. The van der Waals surface area contributed by atoms with Gasteiger partial charge < -0.3 is 74.5 Å². The Morgan fingerprint density at radius 3 is 1.62 bits per heavy atom. The van der Waals surface area contributed by atoms with Crippen molar-refractivity contribution in [2.45, 2.75) is 32.2 Å². The number of carboxylic acid groups (broad SMARTS) is 3. The molecule has 2 aromatic carbocycles. The van der Waals surface area contributed by atoms with Crippen molar-refractivity contribution >= 4 is 83.7 Å². The molecule has 7 N–H and O–H groups in total. The van der Waals surface area contributed by atoms with Gasteiger partial charge in [-0.3, -0.25) is 43.6 Å². The number of hydrogen-bond donors (Lipinski definition) is 6. The maximum absolute atomic E-state index is 15.0. The molecular weight excluding hydrogens is 1220 g/mol. The van der Waals surface area contributed by atoms with Gasteiger partial charge in [0.2, 0.25) is 11.8 Å². The number of carbonyl (C=O) groups is 5. The number of benzene rings is 2. The average molecular weight is 1310 g/mol. The van der Waals surface area contributed by atoms with Gasteiger partial charge >= 0.3 is 17.9 Å². The zero-order valence-corrected chi connectivity index (χ0v) is 53.6. The van der Waals surface area contributed by atoms with Crippen LogP contribution >= 0.6 is 11.6 Å². The summed E-state index contributed by atoms with van der Waals surface area (Å²) in [6.45, 7) is 11.5. The summed E-state index contributed by atoms with van der Waals surface area (Å²) >= 11 is 6.41. The molecule has 3 aliphatic heterocycles. The van der Waals surface area contributed by atoms with Crippen molar-refractivity contribution in [2.24, 2.45) is 5.73 Å². The first-order valence-electron chi connectivity index (χ1n) is 29.9. The van der Waals surface area contributed by atoms with Crippen molar-refractivity contribution in [2.75, 3.05) is 213 Å². The van der Waals surface area contributed by atoms with Crippen LogP contribution in [0.5, 0.6) is 0 Å². The number of carbonyl (C=O) groups excluding carboxylic acids is 2. The van der Waals surface area contributed by atoms with Crippen molar-refractivity contribution in [3.05, 3.63) is 59.0 Å². The van der Waals surface area contributed by atoms with E-state index in [4.69, 9.17) is 55.7 Å². The summed E-state index contributed by atoms with van der Waals surface area (Å²) in [7, 11) is 0. The number of aromatic amines is 1. The summed E-state index contributed by atoms with van der Waals surface area (Å²) in [5.41, 5.74) is 12.0. The third kappa shape index (κ3) is 24.3. The number of nitrogens with zero attached hydrogens (tertiary/aromatic N) is 9. The molecule has 0 unspecified atom stereocenters. The van der Waals surface area contributed by atoms with Crippen molar-refractivity contribution < 1.29 is 72.1 Å². The summed E-state index contributed by atoms with van der Waals surface area (Å²) in [6.07, 6.45) is 3.67. The molecule has 5 heterocycles. The molecule has 0 spiro atoms. The van der Waals surface area contributed by atoms with E-state index in [0.29, 0.717) is 155 Å². The molecule has 0 atom stereocenters. The quantitative estimate of drug-likeness (QED) is 0.0292. The molecule has 483 valence electrons. The van der Waals surface area contributed by atoms with E-state index in [9.17, 15) is 39.3 Å². The smallest absolute Gasteiger partial charge is 0.317 e. The molecule has 2 aromatic heterocycles. The molecule has 88 heavy (non-hydrogen) atoms. The number of pyridine rings is 1. The van der Waals surface area contributed by atoms with E-state index >= 15 is 4.39 Å². The van der Waals surface area contributed by atoms with Crippen LogP contribution in [0.1, 0.15) is 24.8 Å². The van der Waals surface area contributed by atoms with E-state index in [1.54, 1.807) is 20.8 Å². The molecule has 2 amide bonds. The summed E-state index contributed by atoms with van der Waals surface area (Å²) in [5, 5.41) is 31.7. The molecule has 26 nitrogen and oxygen atoms in total. The Labute approximate surface area is 531 Å². The Bertz CT molecular complexity index is 2780. The number of amides is 2. The monoisotopic (exact) mass is 1310 g/mol. The minimum absolute atomic E-state index is 0. The summed E-state index contributed by atoms with van der Waals surface area (Å²) in [6, 6.07) is 10.7. The van der Waals surface area contributed by atoms with Crippen LogP contribution in [0.15, 0.2) is 42.6 Å². The third-order valence-corrected chi connectivity index (χ3v) is 15.4. The fourth-order valence-electron chi connectivity index (χ4n) is 10.6. The first-order chi connectivity index (χ1) is 42.1. The molecule has 3 fully saturated rings. The van der Waals surface area contributed by atoms with Crippen LogP contribution in [0.25, 0.3) is 33.5 Å². The number of piperidine rings is 1. The average Bonchev–Trinajstić information content (AvgIpc) is 1.43. The second-order valence-electron chi connectivity index (χ2n) is 21.7. The molecule has 29 heteroatoms. The number of ether oxygens (including phenoxy) is 6. The van der Waals surface area contributed by atoms with Crippen LogP contribution in [0, 0.1) is 12.7 Å². The van der Waals surface area contributed by atoms with Gasteiger partial charge in [-0.05, 0) is 61.2 Å². The SMILES string of the molecule is Cc1cc(F)cc(-c2cnc(N3CCN(C(=O)CCOCCOCCOCCOCCOCCOCCNC(=O)CN4CCN(CC(=O)O)CCN(CC(=O)O)CCN(CC(=O)O)CC4)CC3)c(-c3nc4ccc(Cl)cc4[nH]3)c2N2CCC(N)CC2)c1.[Ga]. The number of nitrogens with one attached hydrogen (secondary N) is 2. The number of imidazole rings is 1. The van der Waals surface area contributed by atoms with Gasteiger partial charge in [-0.2, -0.15) is 0 Å². The number of hydrogen-bond acceptors (Lipinski definition) is 20. The van der Waals surface area contributed by atoms with Gasteiger partial charge in [0.05, 0.1) is 134 Å². The van der Waals surface area contributed by atoms with E-state index in [2.05, 4.69) is 20.1 Å². The number of aromatic nitrogens is 3. The fourth-order valence-corrected chi connectivity index (χ4v) is 10.8.